The van der Waals surface area contributed by atoms with Crippen LogP contribution in [0, 0.1) is 0 Å². The number of aromatic carboxylic acids is 1. The maximum Gasteiger partial charge on any atom is 0.335 e. The van der Waals surface area contributed by atoms with Crippen molar-refractivity contribution in [1.29, 1.82) is 0 Å². The molecule has 0 aromatic heterocycles. The third-order valence-corrected chi connectivity index (χ3v) is 3.22. The molecule has 0 saturated carbocycles. The van der Waals surface area contributed by atoms with E-state index in [2.05, 4.69) is 6.58 Å². The normalized spacial score (nSPS) is 10.3. The Morgan fingerprint density at radius 2 is 1.55 bits per heavy atom. The van der Waals surface area contributed by atoms with Gasteiger partial charge < -0.3 is 10.8 Å². The monoisotopic (exact) mass is 275 g/mol. The van der Waals surface area contributed by atoms with Gasteiger partial charge in [0.25, 0.3) is 0 Å². The summed E-state index contributed by atoms with van der Waals surface area (Å²) in [6.45, 7) is 7.70. The van der Waals surface area contributed by atoms with E-state index in [-0.39, 0.29) is 5.57 Å². The summed E-state index contributed by atoms with van der Waals surface area (Å²) < 4.78 is 0. The van der Waals surface area contributed by atoms with Gasteiger partial charge >= 0.3 is 5.97 Å². The molecule has 4 nitrogen and oxygen atoms in total. The Hall–Kier alpha value is -2.10. The van der Waals surface area contributed by atoms with Crippen LogP contribution in [0.4, 0.5) is 0 Å². The van der Waals surface area contributed by atoms with E-state index in [1.165, 1.54) is 0 Å². The highest BCUT2D eigenvalue weighted by Gasteiger charge is 2.17. The van der Waals surface area contributed by atoms with Gasteiger partial charge in [0, 0.05) is 5.57 Å². The first-order valence-corrected chi connectivity index (χ1v) is 6.80. The number of carbonyl (C=O) groups is 2. The molecule has 0 spiro atoms. The van der Waals surface area contributed by atoms with Crippen LogP contribution in [0.5, 0.6) is 0 Å². The molecule has 0 saturated heterocycles. The number of hydrogen-bond acceptors (Lipinski definition) is 2. The van der Waals surface area contributed by atoms with Gasteiger partial charge in [-0.25, -0.2) is 4.79 Å². The maximum atomic E-state index is 11.4. The lowest BCUT2D eigenvalue weighted by Gasteiger charge is -2.14. The molecule has 0 fully saturated rings. The van der Waals surface area contributed by atoms with Crippen molar-refractivity contribution < 1.29 is 14.7 Å². The number of carboxylic acids is 1. The second-order valence-corrected chi connectivity index (χ2v) is 4.81. The van der Waals surface area contributed by atoms with Gasteiger partial charge in [0.15, 0.2) is 0 Å². The summed E-state index contributed by atoms with van der Waals surface area (Å²) in [5.41, 5.74) is 8.05. The number of primary amides is 1. The number of hydrogen-bond donors (Lipinski definition) is 2. The van der Waals surface area contributed by atoms with Crippen LogP contribution >= 0.6 is 0 Å². The highest BCUT2D eigenvalue weighted by atomic mass is 16.4. The molecule has 0 radical (unpaired) electrons. The molecule has 4 heteroatoms. The average Bonchev–Trinajstić information content (AvgIpc) is 2.39. The van der Waals surface area contributed by atoms with E-state index in [0.29, 0.717) is 24.0 Å². The lowest BCUT2D eigenvalue weighted by Crippen LogP contribution is -2.15. The zero-order valence-corrected chi connectivity index (χ0v) is 12.0. The molecule has 0 aliphatic carbocycles. The average molecular weight is 275 g/mol. The van der Waals surface area contributed by atoms with Crippen molar-refractivity contribution in [2.24, 2.45) is 5.73 Å². The van der Waals surface area contributed by atoms with Crippen LogP contribution in [0.2, 0.25) is 0 Å². The van der Waals surface area contributed by atoms with Crippen LogP contribution in [0.3, 0.4) is 0 Å². The van der Waals surface area contributed by atoms with Gasteiger partial charge in [-0.3, -0.25) is 4.79 Å². The number of amides is 1. The molecule has 0 unspecified atom stereocenters. The SMILES string of the molecule is C=C(C(N)=O)c1cc(CCC)c(C(=O)O)cc1CCC. The van der Waals surface area contributed by atoms with Crippen molar-refractivity contribution in [2.45, 2.75) is 39.5 Å². The van der Waals surface area contributed by atoms with Crippen molar-refractivity contribution in [1.82, 2.24) is 0 Å². The van der Waals surface area contributed by atoms with Gasteiger partial charge in [0.05, 0.1) is 5.56 Å². The summed E-state index contributed by atoms with van der Waals surface area (Å²) in [5, 5.41) is 9.31. The molecule has 3 N–H and O–H groups in total. The van der Waals surface area contributed by atoms with Crippen LogP contribution in [0.1, 0.15) is 53.7 Å². The number of aryl methyl sites for hydroxylation is 2. The molecule has 0 aliphatic rings. The van der Waals surface area contributed by atoms with Gasteiger partial charge in [0.1, 0.15) is 0 Å². The fourth-order valence-corrected chi connectivity index (χ4v) is 2.25. The van der Waals surface area contributed by atoms with Crippen molar-refractivity contribution in [3.63, 3.8) is 0 Å². The van der Waals surface area contributed by atoms with E-state index in [9.17, 15) is 14.7 Å². The van der Waals surface area contributed by atoms with Gasteiger partial charge in [-0.2, -0.15) is 0 Å². The van der Waals surface area contributed by atoms with Crippen molar-refractivity contribution in [3.05, 3.63) is 41.0 Å². The number of rotatable bonds is 7. The third kappa shape index (κ3) is 3.47. The Morgan fingerprint density at radius 1 is 1.10 bits per heavy atom. The highest BCUT2D eigenvalue weighted by molar-refractivity contribution is 6.18. The summed E-state index contributed by atoms with van der Waals surface area (Å²) in [4.78, 5) is 22.7. The van der Waals surface area contributed by atoms with Crippen LogP contribution < -0.4 is 5.73 Å². The second-order valence-electron chi connectivity index (χ2n) is 4.81. The van der Waals surface area contributed by atoms with Crippen LogP contribution in [-0.2, 0) is 17.6 Å². The fourth-order valence-electron chi connectivity index (χ4n) is 2.25. The number of carbonyl (C=O) groups excluding carboxylic acids is 1. The minimum absolute atomic E-state index is 0.239. The number of benzene rings is 1. The smallest absolute Gasteiger partial charge is 0.335 e. The summed E-state index contributed by atoms with van der Waals surface area (Å²) in [6.07, 6.45) is 3.02. The van der Waals surface area contributed by atoms with Crippen molar-refractivity contribution in [2.75, 3.05) is 0 Å². The zero-order chi connectivity index (χ0) is 15.3. The largest absolute Gasteiger partial charge is 0.478 e. The van der Waals surface area contributed by atoms with Gasteiger partial charge in [-0.05, 0) is 41.7 Å². The summed E-state index contributed by atoms with van der Waals surface area (Å²) in [6, 6.07) is 3.41. The van der Waals surface area contributed by atoms with Crippen LogP contribution in [0.25, 0.3) is 5.57 Å². The van der Waals surface area contributed by atoms with E-state index >= 15 is 0 Å². The lowest BCUT2D eigenvalue weighted by atomic mass is 9.90. The Kier molecular flexibility index (Phi) is 5.50. The Bertz CT molecular complexity index is 547. The van der Waals surface area contributed by atoms with Gasteiger partial charge in [-0.1, -0.05) is 33.3 Å². The second kappa shape index (κ2) is 6.89. The lowest BCUT2D eigenvalue weighted by molar-refractivity contribution is -0.112. The Balaban J connectivity index is 3.47. The van der Waals surface area contributed by atoms with E-state index in [1.807, 2.05) is 13.8 Å². The highest BCUT2D eigenvalue weighted by Crippen LogP contribution is 2.25. The Labute approximate surface area is 119 Å². The predicted octanol–water partition coefficient (Wildman–Crippen LogP) is 2.79. The van der Waals surface area contributed by atoms with Crippen LogP contribution in [-0.4, -0.2) is 17.0 Å². The summed E-state index contributed by atoms with van der Waals surface area (Å²) in [7, 11) is 0. The van der Waals surface area contributed by atoms with Crippen LogP contribution in [0.15, 0.2) is 18.7 Å². The molecule has 20 heavy (non-hydrogen) atoms. The molecule has 1 amide bonds. The summed E-state index contributed by atoms with van der Waals surface area (Å²) in [5.74, 6) is -1.52. The molecule has 0 bridgehead atoms. The topological polar surface area (TPSA) is 80.4 Å². The molecule has 0 atom stereocenters. The predicted molar refractivity (Wildman–Crippen MR) is 79.6 cm³/mol. The van der Waals surface area contributed by atoms with E-state index in [4.69, 9.17) is 5.73 Å². The summed E-state index contributed by atoms with van der Waals surface area (Å²) >= 11 is 0. The fraction of sp³-hybridized carbons (Fsp3) is 0.375. The van der Waals surface area contributed by atoms with E-state index in [0.717, 1.165) is 24.0 Å². The quantitative estimate of drug-likeness (QED) is 0.751. The minimum Gasteiger partial charge on any atom is -0.478 e. The molecule has 1 aromatic carbocycles. The van der Waals surface area contributed by atoms with E-state index < -0.39 is 11.9 Å². The van der Waals surface area contributed by atoms with Gasteiger partial charge in [-0.15, -0.1) is 0 Å². The standard InChI is InChI=1S/C16H21NO3/c1-4-6-11-9-14(16(19)20)12(7-5-2)8-13(11)10(3)15(17)18/h8-9H,3-7H2,1-2H3,(H2,17,18)(H,19,20). The van der Waals surface area contributed by atoms with E-state index in [1.54, 1.807) is 12.1 Å². The molecule has 1 aromatic rings. The molecule has 0 aliphatic heterocycles. The first kappa shape index (κ1) is 16.0. The molecular weight excluding hydrogens is 254 g/mol. The minimum atomic E-state index is -0.943. The third-order valence-electron chi connectivity index (χ3n) is 3.22. The molecule has 0 heterocycles. The van der Waals surface area contributed by atoms with Crippen molar-refractivity contribution in [3.8, 4) is 0 Å². The Morgan fingerprint density at radius 3 is 1.95 bits per heavy atom. The maximum absolute atomic E-state index is 11.4. The number of nitrogens with two attached hydrogens (primary N) is 1. The van der Waals surface area contributed by atoms with Crippen molar-refractivity contribution >= 4 is 17.4 Å². The zero-order valence-electron chi connectivity index (χ0n) is 12.0. The van der Waals surface area contributed by atoms with Gasteiger partial charge in [0.2, 0.25) is 5.91 Å². The number of carboxylic acid groups (broad SMARTS) is 1. The first-order valence-electron chi connectivity index (χ1n) is 6.80. The first-order chi connectivity index (χ1) is 9.42. The molecule has 108 valence electrons. The molecule has 1 rings (SSSR count). The molecular formula is C16H21NO3.